The number of benzene rings is 1. The Morgan fingerprint density at radius 2 is 1.75 bits per heavy atom. The Bertz CT molecular complexity index is 524. The third-order valence-corrected chi connectivity index (χ3v) is 3.23. The molecule has 0 bridgehead atoms. The van der Waals surface area contributed by atoms with Crippen LogP contribution in [0.5, 0.6) is 0 Å². The van der Waals surface area contributed by atoms with Gasteiger partial charge in [-0.1, -0.05) is 36.5 Å². The van der Waals surface area contributed by atoms with Crippen LogP contribution in [0.3, 0.4) is 0 Å². The Hall–Kier alpha value is -1.95. The molecule has 1 rings (SSSR count). The van der Waals surface area contributed by atoms with E-state index in [0.717, 1.165) is 11.1 Å². The van der Waals surface area contributed by atoms with E-state index in [1.54, 1.807) is 38.1 Å². The van der Waals surface area contributed by atoms with Crippen LogP contribution in [0.15, 0.2) is 24.3 Å². The van der Waals surface area contributed by atoms with E-state index in [0.29, 0.717) is 4.99 Å². The molecule has 0 fully saturated rings. The second-order valence-electron chi connectivity index (χ2n) is 5.26. The van der Waals surface area contributed by atoms with Crippen molar-refractivity contribution in [2.75, 3.05) is 6.54 Å². The SMILES string of the molecule is CC(C)(CNC(=O)Cc1ccc(C(N)=S)cc1)C(N)=O. The minimum Gasteiger partial charge on any atom is -0.389 e. The molecule has 0 aromatic heterocycles. The van der Waals surface area contributed by atoms with Crippen LogP contribution < -0.4 is 16.8 Å². The van der Waals surface area contributed by atoms with E-state index in [1.807, 2.05) is 0 Å². The zero-order valence-electron chi connectivity index (χ0n) is 11.6. The van der Waals surface area contributed by atoms with E-state index < -0.39 is 11.3 Å². The summed E-state index contributed by atoms with van der Waals surface area (Å²) in [5.74, 6) is -0.610. The van der Waals surface area contributed by atoms with Gasteiger partial charge in [0.2, 0.25) is 11.8 Å². The molecule has 0 aliphatic carbocycles. The Labute approximate surface area is 123 Å². The van der Waals surface area contributed by atoms with Gasteiger partial charge in [-0.25, -0.2) is 0 Å². The summed E-state index contributed by atoms with van der Waals surface area (Å²) in [6, 6.07) is 7.15. The standard InChI is InChI=1S/C14H19N3O2S/c1-14(2,13(16)19)8-17-11(18)7-9-3-5-10(6-4-9)12(15)20/h3-6H,7-8H2,1-2H3,(H2,15,20)(H2,16,19)(H,17,18). The van der Waals surface area contributed by atoms with Crippen molar-refractivity contribution in [1.82, 2.24) is 5.32 Å². The van der Waals surface area contributed by atoms with Gasteiger partial charge in [0.1, 0.15) is 4.99 Å². The Balaban J connectivity index is 2.54. The highest BCUT2D eigenvalue weighted by Gasteiger charge is 2.25. The molecule has 0 aliphatic rings. The van der Waals surface area contributed by atoms with Gasteiger partial charge < -0.3 is 16.8 Å². The molecule has 0 radical (unpaired) electrons. The lowest BCUT2D eigenvalue weighted by Gasteiger charge is -2.20. The van der Waals surface area contributed by atoms with E-state index in [-0.39, 0.29) is 18.9 Å². The van der Waals surface area contributed by atoms with E-state index in [9.17, 15) is 9.59 Å². The molecule has 0 unspecified atom stereocenters. The number of primary amides is 1. The Morgan fingerprint density at radius 1 is 1.20 bits per heavy atom. The molecule has 2 amide bonds. The van der Waals surface area contributed by atoms with Crippen molar-refractivity contribution >= 4 is 29.0 Å². The topological polar surface area (TPSA) is 98.2 Å². The van der Waals surface area contributed by atoms with Crippen LogP contribution in [-0.2, 0) is 16.0 Å². The van der Waals surface area contributed by atoms with Crippen LogP contribution >= 0.6 is 12.2 Å². The van der Waals surface area contributed by atoms with Crippen molar-refractivity contribution in [2.24, 2.45) is 16.9 Å². The lowest BCUT2D eigenvalue weighted by Crippen LogP contribution is -2.42. The zero-order chi connectivity index (χ0) is 15.3. The second kappa shape index (κ2) is 6.47. The van der Waals surface area contributed by atoms with Gasteiger partial charge in [-0.3, -0.25) is 9.59 Å². The molecule has 0 aliphatic heterocycles. The van der Waals surface area contributed by atoms with Gasteiger partial charge in [0.05, 0.1) is 11.8 Å². The number of amides is 2. The van der Waals surface area contributed by atoms with Gasteiger partial charge in [0, 0.05) is 12.1 Å². The number of hydrogen-bond acceptors (Lipinski definition) is 3. The van der Waals surface area contributed by atoms with Crippen molar-refractivity contribution in [3.05, 3.63) is 35.4 Å². The fraction of sp³-hybridized carbons (Fsp3) is 0.357. The number of hydrogen-bond donors (Lipinski definition) is 3. The minimum absolute atomic E-state index is 0.164. The van der Waals surface area contributed by atoms with Gasteiger partial charge in [-0.2, -0.15) is 0 Å². The number of nitrogens with two attached hydrogens (primary N) is 2. The fourth-order valence-electron chi connectivity index (χ4n) is 1.44. The summed E-state index contributed by atoms with van der Waals surface area (Å²) in [5, 5.41) is 2.70. The monoisotopic (exact) mass is 293 g/mol. The van der Waals surface area contributed by atoms with Crippen molar-refractivity contribution in [1.29, 1.82) is 0 Å². The van der Waals surface area contributed by atoms with E-state index >= 15 is 0 Å². The predicted octanol–water partition coefficient (Wildman–Crippen LogP) is 0.491. The number of carbonyl (C=O) groups excluding carboxylic acids is 2. The third kappa shape index (κ3) is 4.62. The van der Waals surface area contributed by atoms with Crippen LogP contribution in [0, 0.1) is 5.41 Å². The average Bonchev–Trinajstić information content (AvgIpc) is 2.37. The molecule has 1 aromatic rings. The van der Waals surface area contributed by atoms with E-state index in [4.69, 9.17) is 23.7 Å². The molecule has 108 valence electrons. The molecule has 0 saturated heterocycles. The van der Waals surface area contributed by atoms with Crippen LogP contribution in [0.4, 0.5) is 0 Å². The molecule has 20 heavy (non-hydrogen) atoms. The van der Waals surface area contributed by atoms with E-state index in [1.165, 1.54) is 0 Å². The van der Waals surface area contributed by atoms with Crippen LogP contribution in [0.1, 0.15) is 25.0 Å². The highest BCUT2D eigenvalue weighted by molar-refractivity contribution is 7.80. The second-order valence-corrected chi connectivity index (χ2v) is 5.70. The zero-order valence-corrected chi connectivity index (χ0v) is 12.4. The van der Waals surface area contributed by atoms with Crippen molar-refractivity contribution in [3.8, 4) is 0 Å². The molecule has 0 heterocycles. The maximum atomic E-state index is 11.8. The number of nitrogens with one attached hydrogen (secondary N) is 1. The average molecular weight is 293 g/mol. The van der Waals surface area contributed by atoms with Crippen molar-refractivity contribution in [3.63, 3.8) is 0 Å². The third-order valence-electron chi connectivity index (χ3n) is 3.00. The van der Waals surface area contributed by atoms with E-state index in [2.05, 4.69) is 5.32 Å². The maximum absolute atomic E-state index is 11.8. The van der Waals surface area contributed by atoms with Crippen LogP contribution in [0.25, 0.3) is 0 Å². The van der Waals surface area contributed by atoms with Gasteiger partial charge in [0.25, 0.3) is 0 Å². The largest absolute Gasteiger partial charge is 0.389 e. The lowest BCUT2D eigenvalue weighted by atomic mass is 9.92. The molecular formula is C14H19N3O2S. The minimum atomic E-state index is -0.759. The van der Waals surface area contributed by atoms with Gasteiger partial charge >= 0.3 is 0 Å². The first-order chi connectivity index (χ1) is 9.22. The van der Waals surface area contributed by atoms with Crippen molar-refractivity contribution < 1.29 is 9.59 Å². The molecular weight excluding hydrogens is 274 g/mol. The molecule has 0 atom stereocenters. The summed E-state index contributed by atoms with van der Waals surface area (Å²) in [7, 11) is 0. The highest BCUT2D eigenvalue weighted by Crippen LogP contribution is 2.12. The quantitative estimate of drug-likeness (QED) is 0.665. The molecule has 0 saturated carbocycles. The highest BCUT2D eigenvalue weighted by atomic mass is 32.1. The normalized spacial score (nSPS) is 10.9. The first-order valence-electron chi connectivity index (χ1n) is 6.18. The number of rotatable bonds is 6. The smallest absolute Gasteiger partial charge is 0.224 e. The summed E-state index contributed by atoms with van der Waals surface area (Å²) in [6.07, 6.45) is 0.229. The summed E-state index contributed by atoms with van der Waals surface area (Å²) in [5.41, 5.74) is 11.6. The number of thiocarbonyl (C=S) groups is 1. The van der Waals surface area contributed by atoms with Gasteiger partial charge in [0.15, 0.2) is 0 Å². The van der Waals surface area contributed by atoms with Crippen molar-refractivity contribution in [2.45, 2.75) is 20.3 Å². The fourth-order valence-corrected chi connectivity index (χ4v) is 1.58. The summed E-state index contributed by atoms with van der Waals surface area (Å²) in [4.78, 5) is 23.3. The summed E-state index contributed by atoms with van der Waals surface area (Å²) < 4.78 is 0. The van der Waals surface area contributed by atoms with Gasteiger partial charge in [-0.15, -0.1) is 0 Å². The first-order valence-corrected chi connectivity index (χ1v) is 6.58. The maximum Gasteiger partial charge on any atom is 0.224 e. The number of carbonyl (C=O) groups is 2. The lowest BCUT2D eigenvalue weighted by molar-refractivity contribution is -0.126. The summed E-state index contributed by atoms with van der Waals surface area (Å²) in [6.45, 7) is 3.59. The first kappa shape index (κ1) is 16.1. The predicted molar refractivity (Wildman–Crippen MR) is 82.0 cm³/mol. The molecule has 5 nitrogen and oxygen atoms in total. The molecule has 6 heteroatoms. The van der Waals surface area contributed by atoms with Gasteiger partial charge in [-0.05, 0) is 19.4 Å². The Kier molecular flexibility index (Phi) is 5.21. The van der Waals surface area contributed by atoms with Crippen LogP contribution in [0.2, 0.25) is 0 Å². The molecule has 1 aromatic carbocycles. The van der Waals surface area contributed by atoms with Crippen LogP contribution in [-0.4, -0.2) is 23.3 Å². The molecule has 5 N–H and O–H groups in total. The molecule has 0 spiro atoms. The summed E-state index contributed by atoms with van der Waals surface area (Å²) >= 11 is 4.85. The Morgan fingerprint density at radius 3 is 2.20 bits per heavy atom.